The van der Waals surface area contributed by atoms with Gasteiger partial charge in [-0.05, 0) is 44.0 Å². The van der Waals surface area contributed by atoms with Gasteiger partial charge in [-0.2, -0.15) is 0 Å². The third kappa shape index (κ3) is 3.54. The van der Waals surface area contributed by atoms with Gasteiger partial charge in [0.25, 0.3) is 0 Å². The van der Waals surface area contributed by atoms with E-state index in [1.165, 1.54) is 15.7 Å². The van der Waals surface area contributed by atoms with Gasteiger partial charge in [-0.1, -0.05) is 34.1 Å². The van der Waals surface area contributed by atoms with Gasteiger partial charge >= 0.3 is 0 Å². The maximum absolute atomic E-state index is 4.70. The topological polar surface area (TPSA) is 29.3 Å². The fraction of sp³-hybridized carbons (Fsp3) is 0.312. The molecule has 1 aromatic carbocycles. The quantitative estimate of drug-likeness (QED) is 0.721. The molecule has 0 amide bonds. The molecule has 3 nitrogen and oxygen atoms in total. The average Bonchev–Trinajstić information content (AvgIpc) is 3.02. The first kappa shape index (κ1) is 14.8. The molecular weight excluding hydrogens is 346 g/mol. The van der Waals surface area contributed by atoms with Gasteiger partial charge in [0.15, 0.2) is 4.96 Å². The maximum atomic E-state index is 4.70. The number of nitrogens with one attached hydrogen (secondary N) is 1. The largest absolute Gasteiger partial charge is 0.319 e. The number of hydrogen-bond acceptors (Lipinski definition) is 3. The minimum absolute atomic E-state index is 0.540. The summed E-state index contributed by atoms with van der Waals surface area (Å²) < 4.78 is 3.30. The third-order valence-electron chi connectivity index (χ3n) is 3.60. The lowest BCUT2D eigenvalue weighted by Crippen LogP contribution is -2.23. The highest BCUT2D eigenvalue weighted by Gasteiger charge is 2.14. The Kier molecular flexibility index (Phi) is 4.73. The predicted octanol–water partition coefficient (Wildman–Crippen LogP) is 3.78. The second-order valence-corrected chi connectivity index (χ2v) is 6.98. The molecule has 0 saturated heterocycles. The molecular formula is C16H18BrN3S. The number of hydrogen-bond donors (Lipinski definition) is 1. The number of rotatable bonds is 6. The van der Waals surface area contributed by atoms with Crippen LogP contribution in [0.3, 0.4) is 0 Å². The van der Waals surface area contributed by atoms with Crippen molar-refractivity contribution < 1.29 is 0 Å². The van der Waals surface area contributed by atoms with Crippen molar-refractivity contribution in [1.82, 2.24) is 14.7 Å². The standard InChI is InChI=1S/C16H18BrN3S/c1-18-10-12(8-13-4-2-3-5-15(13)17)9-14-11-20-6-7-21-16(20)19-14/h2-7,11-12,18H,8-10H2,1H3. The summed E-state index contributed by atoms with van der Waals surface area (Å²) in [6, 6.07) is 8.46. The van der Waals surface area contributed by atoms with Crippen LogP contribution < -0.4 is 5.32 Å². The summed E-state index contributed by atoms with van der Waals surface area (Å²) in [6.07, 6.45) is 6.26. The molecule has 0 spiro atoms. The Labute approximate surface area is 137 Å². The van der Waals surface area contributed by atoms with E-state index in [1.54, 1.807) is 11.3 Å². The van der Waals surface area contributed by atoms with Crippen molar-refractivity contribution in [3.63, 3.8) is 0 Å². The fourth-order valence-electron chi connectivity index (χ4n) is 2.65. The van der Waals surface area contributed by atoms with Gasteiger partial charge in [0.2, 0.25) is 0 Å². The molecule has 1 N–H and O–H groups in total. The zero-order chi connectivity index (χ0) is 14.7. The number of nitrogens with zero attached hydrogens (tertiary/aromatic N) is 2. The van der Waals surface area contributed by atoms with E-state index < -0.39 is 0 Å². The van der Waals surface area contributed by atoms with Crippen LogP contribution in [-0.2, 0) is 12.8 Å². The van der Waals surface area contributed by atoms with Crippen molar-refractivity contribution in [3.8, 4) is 0 Å². The second kappa shape index (κ2) is 6.73. The molecule has 0 aliphatic carbocycles. The van der Waals surface area contributed by atoms with Crippen LogP contribution in [0.1, 0.15) is 11.3 Å². The van der Waals surface area contributed by atoms with E-state index >= 15 is 0 Å². The van der Waals surface area contributed by atoms with Crippen LogP contribution in [-0.4, -0.2) is 23.0 Å². The van der Waals surface area contributed by atoms with Crippen LogP contribution in [0.4, 0.5) is 0 Å². The zero-order valence-corrected chi connectivity index (χ0v) is 14.3. The van der Waals surface area contributed by atoms with E-state index in [-0.39, 0.29) is 0 Å². The molecule has 0 aliphatic rings. The van der Waals surface area contributed by atoms with Crippen molar-refractivity contribution >= 4 is 32.2 Å². The minimum atomic E-state index is 0.540. The Morgan fingerprint density at radius 1 is 1.33 bits per heavy atom. The summed E-state index contributed by atoms with van der Waals surface area (Å²) in [5.41, 5.74) is 2.54. The summed E-state index contributed by atoms with van der Waals surface area (Å²) >= 11 is 5.33. The molecule has 1 unspecified atom stereocenters. The van der Waals surface area contributed by atoms with Gasteiger partial charge in [0.05, 0.1) is 5.69 Å². The average molecular weight is 364 g/mol. The van der Waals surface area contributed by atoms with E-state index in [9.17, 15) is 0 Å². The minimum Gasteiger partial charge on any atom is -0.319 e. The molecule has 0 aliphatic heterocycles. The van der Waals surface area contributed by atoms with Gasteiger partial charge in [0, 0.05) is 22.2 Å². The third-order valence-corrected chi connectivity index (χ3v) is 5.14. The highest BCUT2D eigenvalue weighted by atomic mass is 79.9. The number of halogens is 1. The number of imidazole rings is 1. The Balaban J connectivity index is 1.75. The summed E-state index contributed by atoms with van der Waals surface area (Å²) in [5, 5.41) is 5.38. The van der Waals surface area contributed by atoms with Crippen molar-refractivity contribution in [3.05, 3.63) is 57.8 Å². The number of aromatic nitrogens is 2. The lowest BCUT2D eigenvalue weighted by atomic mass is 9.95. The van der Waals surface area contributed by atoms with Crippen LogP contribution in [0.15, 0.2) is 46.5 Å². The molecule has 0 fully saturated rings. The molecule has 1 atom stereocenters. The summed E-state index contributed by atoms with van der Waals surface area (Å²) in [4.78, 5) is 5.78. The van der Waals surface area contributed by atoms with Crippen molar-refractivity contribution in [2.24, 2.45) is 5.92 Å². The molecule has 2 heterocycles. The van der Waals surface area contributed by atoms with Gasteiger partial charge in [0.1, 0.15) is 0 Å². The van der Waals surface area contributed by atoms with E-state index in [0.29, 0.717) is 5.92 Å². The smallest absolute Gasteiger partial charge is 0.193 e. The van der Waals surface area contributed by atoms with Gasteiger partial charge in [-0.25, -0.2) is 4.98 Å². The second-order valence-electron chi connectivity index (χ2n) is 5.25. The first-order valence-electron chi connectivity index (χ1n) is 7.05. The number of benzene rings is 1. The Morgan fingerprint density at radius 3 is 2.95 bits per heavy atom. The lowest BCUT2D eigenvalue weighted by molar-refractivity contribution is 0.488. The summed E-state index contributed by atoms with van der Waals surface area (Å²) in [7, 11) is 2.01. The predicted molar refractivity (Wildman–Crippen MR) is 92.0 cm³/mol. The SMILES string of the molecule is CNCC(Cc1cn2ccsc2n1)Cc1ccccc1Br. The maximum Gasteiger partial charge on any atom is 0.193 e. The monoisotopic (exact) mass is 363 g/mol. The van der Waals surface area contributed by atoms with Gasteiger partial charge in [-0.15, -0.1) is 11.3 Å². The summed E-state index contributed by atoms with van der Waals surface area (Å²) in [5.74, 6) is 0.540. The lowest BCUT2D eigenvalue weighted by Gasteiger charge is -2.16. The van der Waals surface area contributed by atoms with E-state index in [0.717, 1.165) is 24.3 Å². The Bertz CT molecular complexity index is 690. The molecule has 110 valence electrons. The Morgan fingerprint density at radius 2 is 2.19 bits per heavy atom. The first-order chi connectivity index (χ1) is 10.3. The van der Waals surface area contributed by atoms with Crippen LogP contribution in [0.5, 0.6) is 0 Å². The fourth-order valence-corrected chi connectivity index (χ4v) is 3.82. The molecule has 3 rings (SSSR count). The molecule has 0 radical (unpaired) electrons. The number of fused-ring (bicyclic) bond motifs is 1. The van der Waals surface area contributed by atoms with Crippen molar-refractivity contribution in [2.45, 2.75) is 12.8 Å². The number of thiazole rings is 1. The normalized spacial score (nSPS) is 12.9. The van der Waals surface area contributed by atoms with E-state index in [1.807, 2.05) is 7.05 Å². The highest BCUT2D eigenvalue weighted by molar-refractivity contribution is 9.10. The van der Waals surface area contributed by atoms with Crippen molar-refractivity contribution in [1.29, 1.82) is 0 Å². The molecule has 0 bridgehead atoms. The molecule has 5 heteroatoms. The first-order valence-corrected chi connectivity index (χ1v) is 8.72. The van der Waals surface area contributed by atoms with Crippen LogP contribution in [0, 0.1) is 5.92 Å². The molecule has 3 aromatic rings. The van der Waals surface area contributed by atoms with Gasteiger partial charge < -0.3 is 5.32 Å². The molecule has 2 aromatic heterocycles. The highest BCUT2D eigenvalue weighted by Crippen LogP contribution is 2.22. The van der Waals surface area contributed by atoms with Crippen molar-refractivity contribution in [2.75, 3.05) is 13.6 Å². The van der Waals surface area contributed by atoms with Crippen LogP contribution in [0.25, 0.3) is 4.96 Å². The van der Waals surface area contributed by atoms with E-state index in [4.69, 9.17) is 4.98 Å². The molecule has 21 heavy (non-hydrogen) atoms. The van der Waals surface area contributed by atoms with Gasteiger partial charge in [-0.3, -0.25) is 4.40 Å². The Hall–Kier alpha value is -1.17. The molecule has 0 saturated carbocycles. The van der Waals surface area contributed by atoms with Crippen LogP contribution in [0.2, 0.25) is 0 Å². The summed E-state index contributed by atoms with van der Waals surface area (Å²) in [6.45, 7) is 0.993. The van der Waals surface area contributed by atoms with Crippen LogP contribution >= 0.6 is 27.3 Å². The zero-order valence-electron chi connectivity index (χ0n) is 11.9. The van der Waals surface area contributed by atoms with E-state index in [2.05, 4.69) is 67.7 Å².